The van der Waals surface area contributed by atoms with Gasteiger partial charge >= 0.3 is 0 Å². The van der Waals surface area contributed by atoms with E-state index in [1.165, 1.54) is 44.9 Å². The highest BCUT2D eigenvalue weighted by molar-refractivity contribution is 5.00. The zero-order valence-electron chi connectivity index (χ0n) is 13.8. The van der Waals surface area contributed by atoms with E-state index in [9.17, 15) is 0 Å². The third kappa shape index (κ3) is 2.90. The van der Waals surface area contributed by atoms with E-state index in [1.54, 1.807) is 0 Å². The highest BCUT2D eigenvalue weighted by Gasteiger charge is 2.42. The summed E-state index contributed by atoms with van der Waals surface area (Å²) < 4.78 is 0. The van der Waals surface area contributed by atoms with Crippen LogP contribution in [0.25, 0.3) is 0 Å². The van der Waals surface area contributed by atoms with Crippen LogP contribution in [0.1, 0.15) is 44.9 Å². The predicted molar refractivity (Wildman–Crippen MR) is 85.0 cm³/mol. The van der Waals surface area contributed by atoms with Gasteiger partial charge in [0, 0.05) is 24.2 Å². The summed E-state index contributed by atoms with van der Waals surface area (Å²) in [6.07, 6.45) is 9.95. The molecule has 3 rings (SSSR count). The second kappa shape index (κ2) is 5.94. The molecule has 1 saturated heterocycles. The number of rotatable bonds is 2. The lowest BCUT2D eigenvalue weighted by Crippen LogP contribution is -2.59. The zero-order chi connectivity index (χ0) is 14.3. The Morgan fingerprint density at radius 1 is 0.650 bits per heavy atom. The highest BCUT2D eigenvalue weighted by atomic mass is 15.1. The first-order chi connectivity index (χ1) is 9.54. The first-order valence-corrected chi connectivity index (χ1v) is 8.63. The molecule has 0 spiro atoms. The maximum atomic E-state index is 4.07. The van der Waals surface area contributed by atoms with Crippen LogP contribution in [0.3, 0.4) is 0 Å². The van der Waals surface area contributed by atoms with Crippen LogP contribution in [0.2, 0.25) is 0 Å². The maximum absolute atomic E-state index is 4.07. The van der Waals surface area contributed by atoms with Gasteiger partial charge < -0.3 is 15.1 Å². The molecule has 116 valence electrons. The predicted octanol–water partition coefficient (Wildman–Crippen LogP) is 2.18. The van der Waals surface area contributed by atoms with Crippen LogP contribution >= 0.6 is 0 Å². The van der Waals surface area contributed by atoms with Crippen molar-refractivity contribution in [3.8, 4) is 0 Å². The summed E-state index contributed by atoms with van der Waals surface area (Å²) in [4.78, 5) is 4.88. The summed E-state index contributed by atoms with van der Waals surface area (Å²) in [5, 5.41) is 4.07. The fourth-order valence-electron chi connectivity index (χ4n) is 5.00. The Labute approximate surface area is 125 Å². The summed E-state index contributed by atoms with van der Waals surface area (Å²) in [5.41, 5.74) is 0. The Kier molecular flexibility index (Phi) is 4.40. The van der Waals surface area contributed by atoms with Crippen LogP contribution in [0.4, 0.5) is 0 Å². The number of hydrogen-bond acceptors (Lipinski definition) is 3. The van der Waals surface area contributed by atoms with Crippen molar-refractivity contribution in [3.63, 3.8) is 0 Å². The topological polar surface area (TPSA) is 18.5 Å². The number of nitrogens with zero attached hydrogens (tertiary/aromatic N) is 2. The average Bonchev–Trinajstić information content (AvgIpc) is 2.43. The third-order valence-corrected chi connectivity index (χ3v) is 6.43. The summed E-state index contributed by atoms with van der Waals surface area (Å²) in [5.74, 6) is 1.92. The fraction of sp³-hybridized carbons (Fsp3) is 1.00. The van der Waals surface area contributed by atoms with Gasteiger partial charge in [0.15, 0.2) is 0 Å². The molecule has 3 aliphatic rings. The number of hydrogen-bond donors (Lipinski definition) is 1. The molecule has 0 aromatic heterocycles. The van der Waals surface area contributed by atoms with E-state index in [0.717, 1.165) is 36.0 Å². The molecule has 3 fully saturated rings. The smallest absolute Gasteiger partial charge is 0.0113 e. The van der Waals surface area contributed by atoms with Crippen molar-refractivity contribution in [2.75, 3.05) is 28.2 Å². The lowest BCUT2D eigenvalue weighted by Gasteiger charge is -2.51. The molecule has 1 heterocycles. The van der Waals surface area contributed by atoms with Crippen molar-refractivity contribution < 1.29 is 0 Å². The molecule has 6 atom stereocenters. The molecule has 1 N–H and O–H groups in total. The van der Waals surface area contributed by atoms with Gasteiger partial charge in [0.05, 0.1) is 0 Å². The molecule has 6 unspecified atom stereocenters. The molecule has 1 aliphatic heterocycles. The summed E-state index contributed by atoms with van der Waals surface area (Å²) in [6, 6.07) is 3.18. The van der Waals surface area contributed by atoms with Crippen molar-refractivity contribution in [2.24, 2.45) is 11.8 Å². The molecule has 0 bridgehead atoms. The molecule has 2 aliphatic carbocycles. The molecular weight excluding hydrogens is 246 g/mol. The summed E-state index contributed by atoms with van der Waals surface area (Å²) in [7, 11) is 9.00. The number of nitrogens with one attached hydrogen (secondary N) is 1. The fourth-order valence-corrected chi connectivity index (χ4v) is 5.00. The van der Waals surface area contributed by atoms with Gasteiger partial charge in [0.1, 0.15) is 0 Å². The molecule has 3 heteroatoms. The van der Waals surface area contributed by atoms with Crippen molar-refractivity contribution in [1.29, 1.82) is 0 Å². The average molecular weight is 279 g/mol. The highest BCUT2D eigenvalue weighted by Crippen LogP contribution is 2.41. The normalized spacial score (nSPS) is 45.3. The second-order valence-electron chi connectivity index (χ2n) is 8.00. The van der Waals surface area contributed by atoms with E-state index in [4.69, 9.17) is 0 Å². The molecule has 0 radical (unpaired) electrons. The minimum absolute atomic E-state index is 0.790. The van der Waals surface area contributed by atoms with E-state index in [0.29, 0.717) is 0 Å². The van der Waals surface area contributed by atoms with Gasteiger partial charge in [-0.25, -0.2) is 0 Å². The molecule has 3 nitrogen and oxygen atoms in total. The largest absolute Gasteiger partial charge is 0.311 e. The lowest BCUT2D eigenvalue weighted by molar-refractivity contribution is 0.0444. The quantitative estimate of drug-likeness (QED) is 0.836. The van der Waals surface area contributed by atoms with Crippen LogP contribution in [-0.4, -0.2) is 62.2 Å². The monoisotopic (exact) mass is 279 g/mol. The van der Waals surface area contributed by atoms with Crippen LogP contribution in [0.15, 0.2) is 0 Å². The molecule has 20 heavy (non-hydrogen) atoms. The van der Waals surface area contributed by atoms with E-state index in [2.05, 4.69) is 43.3 Å². The standard InChI is InChI=1S/C17H33N3/c1-19(2)14-7-5-12-9-13-6-8-15(20(3)4)11-17(13)18-16(12)10-14/h12-18H,5-11H2,1-4H3. The van der Waals surface area contributed by atoms with Crippen LogP contribution in [0.5, 0.6) is 0 Å². The van der Waals surface area contributed by atoms with Gasteiger partial charge in [-0.1, -0.05) is 0 Å². The molecule has 0 amide bonds. The summed E-state index contributed by atoms with van der Waals surface area (Å²) in [6.45, 7) is 0. The van der Waals surface area contributed by atoms with E-state index in [1.807, 2.05) is 0 Å². The van der Waals surface area contributed by atoms with Gasteiger partial charge in [0.2, 0.25) is 0 Å². The van der Waals surface area contributed by atoms with E-state index in [-0.39, 0.29) is 0 Å². The molecular formula is C17H33N3. The van der Waals surface area contributed by atoms with Gasteiger partial charge in [-0.3, -0.25) is 0 Å². The van der Waals surface area contributed by atoms with Gasteiger partial charge in [-0.15, -0.1) is 0 Å². The second-order valence-corrected chi connectivity index (χ2v) is 8.00. The van der Waals surface area contributed by atoms with Crippen LogP contribution in [0, 0.1) is 11.8 Å². The van der Waals surface area contributed by atoms with Crippen LogP contribution in [-0.2, 0) is 0 Å². The number of piperidine rings is 1. The minimum Gasteiger partial charge on any atom is -0.311 e. The van der Waals surface area contributed by atoms with E-state index >= 15 is 0 Å². The van der Waals surface area contributed by atoms with E-state index < -0.39 is 0 Å². The lowest BCUT2D eigenvalue weighted by atomic mass is 9.67. The van der Waals surface area contributed by atoms with Gasteiger partial charge in [-0.2, -0.15) is 0 Å². The minimum atomic E-state index is 0.790. The van der Waals surface area contributed by atoms with Crippen molar-refractivity contribution >= 4 is 0 Å². The SMILES string of the molecule is CN(C)C1CCC2CC3CCC(N(C)C)CC3NC2C1. The Morgan fingerprint density at radius 2 is 1.10 bits per heavy atom. The van der Waals surface area contributed by atoms with Crippen molar-refractivity contribution in [2.45, 2.75) is 69.1 Å². The van der Waals surface area contributed by atoms with Crippen molar-refractivity contribution in [3.05, 3.63) is 0 Å². The first-order valence-electron chi connectivity index (χ1n) is 8.63. The maximum Gasteiger partial charge on any atom is 0.0113 e. The Morgan fingerprint density at radius 3 is 1.50 bits per heavy atom. The Balaban J connectivity index is 1.62. The first kappa shape index (κ1) is 14.8. The zero-order valence-corrected chi connectivity index (χ0v) is 13.8. The van der Waals surface area contributed by atoms with Crippen molar-refractivity contribution in [1.82, 2.24) is 15.1 Å². The number of fused-ring (bicyclic) bond motifs is 2. The molecule has 0 aromatic rings. The third-order valence-electron chi connectivity index (χ3n) is 6.43. The Bertz CT molecular complexity index is 298. The molecule has 0 aromatic carbocycles. The van der Waals surface area contributed by atoms with Crippen LogP contribution < -0.4 is 5.32 Å². The summed E-state index contributed by atoms with van der Waals surface area (Å²) >= 11 is 0. The van der Waals surface area contributed by atoms with Gasteiger partial charge in [0.25, 0.3) is 0 Å². The van der Waals surface area contributed by atoms with Gasteiger partial charge in [-0.05, 0) is 85.0 Å². The molecule has 2 saturated carbocycles. The Hall–Kier alpha value is -0.120.